The number of fused-ring (bicyclic) bond motifs is 2. The maximum absolute atomic E-state index is 13.6. The maximum atomic E-state index is 13.6. The summed E-state index contributed by atoms with van der Waals surface area (Å²) in [6.45, 7) is -0.286. The molecule has 4 N–H and O–H groups in total. The van der Waals surface area contributed by atoms with Crippen molar-refractivity contribution in [2.45, 2.75) is 6.61 Å². The highest BCUT2D eigenvalue weighted by atomic mass is 35.5. The van der Waals surface area contributed by atoms with E-state index in [4.69, 9.17) is 9.15 Å². The van der Waals surface area contributed by atoms with E-state index in [1.807, 2.05) is 0 Å². The van der Waals surface area contributed by atoms with Crippen molar-refractivity contribution in [2.75, 3.05) is 0 Å². The number of pyridine rings is 1. The Morgan fingerprint density at radius 2 is 1.68 bits per heavy atom. The third-order valence-electron chi connectivity index (χ3n) is 6.05. The van der Waals surface area contributed by atoms with E-state index < -0.39 is 50.8 Å². The van der Waals surface area contributed by atoms with Crippen molar-refractivity contribution in [1.29, 1.82) is 0 Å². The van der Waals surface area contributed by atoms with Crippen LogP contribution >= 0.6 is 12.4 Å². The molecular weight excluding hydrogens is 522 g/mol. The summed E-state index contributed by atoms with van der Waals surface area (Å²) >= 11 is 0. The van der Waals surface area contributed by atoms with Gasteiger partial charge >= 0.3 is 5.97 Å². The molecule has 2 aromatic carbocycles. The molecule has 3 heterocycles. The zero-order valence-electron chi connectivity index (χ0n) is 19.8. The second-order valence-electron chi connectivity index (χ2n) is 8.34. The second kappa shape index (κ2) is 9.48. The average Bonchev–Trinajstić information content (AvgIpc) is 3.27. The van der Waals surface area contributed by atoms with Crippen LogP contribution < -0.4 is 10.9 Å². The molecule has 0 unspecified atom stereocenters. The third kappa shape index (κ3) is 4.06. The number of phenolic OH excluding ortho intramolecular Hbond substituents is 4. The van der Waals surface area contributed by atoms with Crippen molar-refractivity contribution in [1.82, 2.24) is 14.1 Å². The van der Waals surface area contributed by atoms with Crippen LogP contribution in [0.3, 0.4) is 0 Å². The van der Waals surface area contributed by atoms with E-state index in [-0.39, 0.29) is 46.6 Å². The Kier molecular flexibility index (Phi) is 6.51. The number of rotatable bonds is 4. The predicted octanol–water partition coefficient (Wildman–Crippen LogP) is 2.65. The lowest BCUT2D eigenvalue weighted by molar-refractivity contribution is 0.0457. The first kappa shape index (κ1) is 26.1. The zero-order chi connectivity index (χ0) is 26.6. The maximum Gasteiger partial charge on any atom is 0.343 e. The minimum atomic E-state index is -1.13. The highest BCUT2D eigenvalue weighted by Gasteiger charge is 2.26. The zero-order valence-corrected chi connectivity index (χ0v) is 20.6. The van der Waals surface area contributed by atoms with Crippen molar-refractivity contribution in [3.8, 4) is 34.1 Å². The number of ether oxygens (including phenoxy) is 1. The van der Waals surface area contributed by atoms with Crippen LogP contribution in [0.4, 0.5) is 0 Å². The number of nitrogens with zero attached hydrogens (tertiary/aromatic N) is 3. The van der Waals surface area contributed by atoms with Gasteiger partial charge in [0.1, 0.15) is 29.8 Å². The Balaban J connectivity index is 0.00000336. The molecule has 0 aliphatic carbocycles. The Bertz CT molecular complexity index is 1870. The van der Waals surface area contributed by atoms with E-state index in [1.54, 1.807) is 24.9 Å². The molecule has 13 heteroatoms. The number of benzene rings is 2. The summed E-state index contributed by atoms with van der Waals surface area (Å²) < 4.78 is 13.8. The number of carbonyl (C=O) groups is 1. The quantitative estimate of drug-likeness (QED) is 0.195. The van der Waals surface area contributed by atoms with Gasteiger partial charge in [0.25, 0.3) is 0 Å². The van der Waals surface area contributed by atoms with Crippen LogP contribution in [0.1, 0.15) is 16.2 Å². The topological polar surface area (TPSA) is 177 Å². The van der Waals surface area contributed by atoms with E-state index in [0.717, 1.165) is 18.4 Å². The van der Waals surface area contributed by atoms with Crippen molar-refractivity contribution < 1.29 is 34.4 Å². The minimum Gasteiger partial charge on any atom is -0.504 e. The first-order valence-electron chi connectivity index (χ1n) is 10.8. The van der Waals surface area contributed by atoms with Gasteiger partial charge in [0, 0.05) is 44.8 Å². The van der Waals surface area contributed by atoms with E-state index in [2.05, 4.69) is 4.98 Å². The molecule has 38 heavy (non-hydrogen) atoms. The molecule has 0 aliphatic heterocycles. The molecule has 5 rings (SSSR count). The van der Waals surface area contributed by atoms with Crippen LogP contribution in [0.2, 0.25) is 0 Å². The van der Waals surface area contributed by atoms with E-state index in [0.29, 0.717) is 5.82 Å². The summed E-state index contributed by atoms with van der Waals surface area (Å²) in [4.78, 5) is 43.9. The van der Waals surface area contributed by atoms with Crippen molar-refractivity contribution in [3.63, 3.8) is 0 Å². The van der Waals surface area contributed by atoms with Crippen LogP contribution in [-0.2, 0) is 25.4 Å². The summed E-state index contributed by atoms with van der Waals surface area (Å²) in [5, 5.41) is 39.9. The summed E-state index contributed by atoms with van der Waals surface area (Å²) in [7, 11) is 3.25. The van der Waals surface area contributed by atoms with Crippen molar-refractivity contribution >= 4 is 40.2 Å². The van der Waals surface area contributed by atoms with Crippen LogP contribution in [0, 0.1) is 0 Å². The van der Waals surface area contributed by atoms with Gasteiger partial charge in [0.15, 0.2) is 28.4 Å². The van der Waals surface area contributed by atoms with Crippen LogP contribution in [0.5, 0.6) is 23.0 Å². The second-order valence-corrected chi connectivity index (χ2v) is 8.34. The van der Waals surface area contributed by atoms with Gasteiger partial charge in [-0.2, -0.15) is 0 Å². The van der Waals surface area contributed by atoms with E-state index >= 15 is 0 Å². The molecule has 0 spiro atoms. The number of halogens is 1. The van der Waals surface area contributed by atoms with Gasteiger partial charge in [-0.05, 0) is 6.07 Å². The van der Waals surface area contributed by atoms with E-state index in [1.165, 1.54) is 23.0 Å². The fourth-order valence-corrected chi connectivity index (χ4v) is 4.08. The van der Waals surface area contributed by atoms with Crippen LogP contribution in [0.15, 0.2) is 57.1 Å². The van der Waals surface area contributed by atoms with Gasteiger partial charge in [-0.1, -0.05) is 0 Å². The number of aromatic nitrogens is 3. The monoisotopic (exact) mass is 541 g/mol. The average molecular weight is 542 g/mol. The fraction of sp³-hybridized carbons (Fsp3) is 0.120. The SMILES string of the molecule is Cl.Cn1ccnc1COC(=O)c1c(O)c(O)cc2occ(-c3cn(C)c4cc(O)c(O)cc4c3=O)c(=O)c12. The fourth-order valence-electron chi connectivity index (χ4n) is 4.08. The summed E-state index contributed by atoms with van der Waals surface area (Å²) in [6.07, 6.45) is 5.46. The molecule has 12 nitrogen and oxygen atoms in total. The number of carbonyl (C=O) groups excluding carboxylic acids is 1. The number of hydrogen-bond donors (Lipinski definition) is 4. The summed E-state index contributed by atoms with van der Waals surface area (Å²) in [6, 6.07) is 3.24. The first-order valence-corrected chi connectivity index (χ1v) is 10.8. The molecule has 3 aromatic heterocycles. The van der Waals surface area contributed by atoms with Gasteiger partial charge in [-0.15, -0.1) is 12.4 Å². The summed E-state index contributed by atoms with van der Waals surface area (Å²) in [5.74, 6) is -3.30. The Labute approximate surface area is 218 Å². The number of imidazole rings is 1. The molecule has 196 valence electrons. The van der Waals surface area contributed by atoms with Crippen LogP contribution in [0.25, 0.3) is 33.0 Å². The molecule has 0 aliphatic rings. The smallest absolute Gasteiger partial charge is 0.343 e. The number of aryl methyl sites for hydroxylation is 2. The number of hydrogen-bond acceptors (Lipinski definition) is 10. The normalized spacial score (nSPS) is 11.0. The minimum absolute atomic E-state index is 0. The highest BCUT2D eigenvalue weighted by molar-refractivity contribution is 6.07. The molecule has 0 amide bonds. The highest BCUT2D eigenvalue weighted by Crippen LogP contribution is 2.36. The molecule has 0 atom stereocenters. The first-order chi connectivity index (χ1) is 17.6. The van der Waals surface area contributed by atoms with Gasteiger partial charge in [0.2, 0.25) is 5.43 Å². The number of aromatic hydroxyl groups is 4. The van der Waals surface area contributed by atoms with Gasteiger partial charge in [0.05, 0.1) is 27.4 Å². The molecular formula is C25H20ClN3O9. The van der Waals surface area contributed by atoms with Crippen molar-refractivity contribution in [3.05, 3.63) is 74.9 Å². The Morgan fingerprint density at radius 3 is 2.37 bits per heavy atom. The van der Waals surface area contributed by atoms with Crippen LogP contribution in [-0.4, -0.2) is 40.5 Å². The summed E-state index contributed by atoms with van der Waals surface area (Å²) in [5.41, 5.74) is -2.46. The predicted molar refractivity (Wildman–Crippen MR) is 137 cm³/mol. The van der Waals surface area contributed by atoms with Gasteiger partial charge < -0.3 is 38.7 Å². The number of esters is 1. The van der Waals surface area contributed by atoms with Gasteiger partial charge in [-0.25, -0.2) is 9.78 Å². The Hall–Kier alpha value is -4.97. The molecule has 0 bridgehead atoms. The number of phenols is 4. The molecule has 0 saturated heterocycles. The van der Waals surface area contributed by atoms with E-state index in [9.17, 15) is 34.8 Å². The molecule has 0 radical (unpaired) electrons. The third-order valence-corrected chi connectivity index (χ3v) is 6.05. The lowest BCUT2D eigenvalue weighted by Gasteiger charge is -2.12. The lowest BCUT2D eigenvalue weighted by Crippen LogP contribution is -2.17. The molecule has 5 aromatic rings. The molecule has 0 fully saturated rings. The van der Waals surface area contributed by atoms with Crippen molar-refractivity contribution in [2.24, 2.45) is 14.1 Å². The molecule has 0 saturated carbocycles. The van der Waals surface area contributed by atoms with Gasteiger partial charge in [-0.3, -0.25) is 9.59 Å². The lowest BCUT2D eigenvalue weighted by atomic mass is 10.0. The Morgan fingerprint density at radius 1 is 0.974 bits per heavy atom. The standard InChI is InChI=1S/C25H19N3O9.ClH/c1-27-4-3-26-19(27)10-37-25(35)21-20-18(7-17(31)24(21)34)36-9-13(23(20)33)12-8-28(2)14-6-16(30)15(29)5-11(14)22(12)32;/h3-9,29-31,34H,10H2,1-2H3;1H. The largest absolute Gasteiger partial charge is 0.504 e.